The van der Waals surface area contributed by atoms with Crippen LogP contribution in [0, 0.1) is 0 Å². The van der Waals surface area contributed by atoms with E-state index in [-0.39, 0.29) is 12.5 Å². The van der Waals surface area contributed by atoms with Crippen LogP contribution in [0.5, 0.6) is 0 Å². The summed E-state index contributed by atoms with van der Waals surface area (Å²) < 4.78 is 0.857. The molecule has 0 atom stereocenters. The van der Waals surface area contributed by atoms with Gasteiger partial charge in [-0.2, -0.15) is 0 Å². The molecule has 0 aliphatic heterocycles. The quantitative estimate of drug-likeness (QED) is 0.709. The highest BCUT2D eigenvalue weighted by atomic mass is 79.9. The number of carbonyl (C=O) groups excluding carboxylic acids is 3. The van der Waals surface area contributed by atoms with Crippen molar-refractivity contribution in [1.29, 1.82) is 0 Å². The maximum Gasteiger partial charge on any atom is 0.269 e. The molecule has 2 rings (SSSR count). The molecule has 0 radical (unpaired) electrons. The topological polar surface area (TPSA) is 87.3 Å². The summed E-state index contributed by atoms with van der Waals surface area (Å²) in [5, 5.41) is 2.46. The van der Waals surface area contributed by atoms with E-state index in [1.165, 1.54) is 0 Å². The van der Waals surface area contributed by atoms with E-state index in [9.17, 15) is 14.4 Å². The standard InChI is InChI=1S/C16H14BrN3O3/c17-13-8-6-12(7-9-13)15(22)18-10-14(21)19-20-16(23)11-4-2-1-3-5-11/h1-9H,10H2,(H,18,22)(H,19,21)(H,20,23). The number of rotatable bonds is 4. The van der Waals surface area contributed by atoms with Gasteiger partial charge in [0.25, 0.3) is 17.7 Å². The third kappa shape index (κ3) is 5.23. The first-order valence-electron chi connectivity index (χ1n) is 6.74. The van der Waals surface area contributed by atoms with Gasteiger partial charge in [-0.05, 0) is 36.4 Å². The smallest absolute Gasteiger partial charge is 0.269 e. The Balaban J connectivity index is 1.76. The van der Waals surface area contributed by atoms with Gasteiger partial charge in [0.1, 0.15) is 0 Å². The Morgan fingerprint density at radius 1 is 0.783 bits per heavy atom. The first-order valence-corrected chi connectivity index (χ1v) is 7.53. The van der Waals surface area contributed by atoms with Crippen molar-refractivity contribution in [2.45, 2.75) is 0 Å². The number of benzene rings is 2. The minimum absolute atomic E-state index is 0.246. The fourth-order valence-electron chi connectivity index (χ4n) is 1.70. The van der Waals surface area contributed by atoms with Crippen LogP contribution in [0.15, 0.2) is 59.1 Å². The zero-order valence-electron chi connectivity index (χ0n) is 12.0. The van der Waals surface area contributed by atoms with Gasteiger partial charge in [-0.3, -0.25) is 25.2 Å². The van der Waals surface area contributed by atoms with Gasteiger partial charge >= 0.3 is 0 Å². The third-order valence-corrected chi connectivity index (χ3v) is 3.40. The summed E-state index contributed by atoms with van der Waals surface area (Å²) in [4.78, 5) is 35.2. The number of amides is 3. The molecule has 3 N–H and O–H groups in total. The Morgan fingerprint density at radius 3 is 2.04 bits per heavy atom. The molecule has 0 heterocycles. The molecule has 0 saturated heterocycles. The van der Waals surface area contributed by atoms with Gasteiger partial charge in [0.05, 0.1) is 6.54 Å². The van der Waals surface area contributed by atoms with Crippen LogP contribution in [0.25, 0.3) is 0 Å². The summed E-state index contributed by atoms with van der Waals surface area (Å²) in [6.07, 6.45) is 0. The molecule has 0 aliphatic carbocycles. The molecule has 2 aromatic carbocycles. The molecule has 0 saturated carbocycles. The van der Waals surface area contributed by atoms with Gasteiger partial charge in [-0.15, -0.1) is 0 Å². The lowest BCUT2D eigenvalue weighted by Crippen LogP contribution is -2.46. The summed E-state index contributed by atoms with van der Waals surface area (Å²) in [6.45, 7) is -0.246. The molecule has 0 unspecified atom stereocenters. The first kappa shape index (κ1) is 16.7. The summed E-state index contributed by atoms with van der Waals surface area (Å²) >= 11 is 3.27. The molecule has 6 nitrogen and oxygen atoms in total. The van der Waals surface area contributed by atoms with Crippen molar-refractivity contribution < 1.29 is 14.4 Å². The Kier molecular flexibility index (Phi) is 5.87. The van der Waals surface area contributed by atoms with E-state index in [2.05, 4.69) is 32.1 Å². The van der Waals surface area contributed by atoms with Crippen molar-refractivity contribution in [2.24, 2.45) is 0 Å². The van der Waals surface area contributed by atoms with Crippen LogP contribution >= 0.6 is 15.9 Å². The predicted molar refractivity (Wildman–Crippen MR) is 88.5 cm³/mol. The van der Waals surface area contributed by atoms with Crippen LogP contribution in [0.2, 0.25) is 0 Å². The summed E-state index contributed by atoms with van der Waals surface area (Å²) in [5.74, 6) is -1.33. The minimum atomic E-state index is -0.528. The summed E-state index contributed by atoms with van der Waals surface area (Å²) in [6, 6.07) is 15.2. The van der Waals surface area contributed by atoms with E-state index in [0.29, 0.717) is 11.1 Å². The number of nitrogens with one attached hydrogen (secondary N) is 3. The lowest BCUT2D eigenvalue weighted by atomic mass is 10.2. The van der Waals surface area contributed by atoms with Crippen LogP contribution in [-0.2, 0) is 4.79 Å². The highest BCUT2D eigenvalue weighted by Crippen LogP contribution is 2.10. The summed E-state index contributed by atoms with van der Waals surface area (Å²) in [5.41, 5.74) is 5.37. The second-order valence-electron chi connectivity index (χ2n) is 4.56. The van der Waals surface area contributed by atoms with Crippen molar-refractivity contribution >= 4 is 33.7 Å². The highest BCUT2D eigenvalue weighted by Gasteiger charge is 2.09. The third-order valence-electron chi connectivity index (χ3n) is 2.87. The Morgan fingerprint density at radius 2 is 1.39 bits per heavy atom. The Labute approximate surface area is 141 Å². The number of hydrogen-bond acceptors (Lipinski definition) is 3. The molecule has 2 aromatic rings. The van der Waals surface area contributed by atoms with Crippen molar-refractivity contribution in [3.63, 3.8) is 0 Å². The van der Waals surface area contributed by atoms with Crippen LogP contribution in [0.1, 0.15) is 20.7 Å². The Bertz CT molecular complexity index is 702. The molecule has 7 heteroatoms. The van der Waals surface area contributed by atoms with Crippen LogP contribution in [0.3, 0.4) is 0 Å². The minimum Gasteiger partial charge on any atom is -0.343 e. The number of hydrogen-bond donors (Lipinski definition) is 3. The first-order chi connectivity index (χ1) is 11.1. The lowest BCUT2D eigenvalue weighted by Gasteiger charge is -2.08. The average molecular weight is 376 g/mol. The van der Waals surface area contributed by atoms with Gasteiger partial charge in [0, 0.05) is 15.6 Å². The van der Waals surface area contributed by atoms with E-state index >= 15 is 0 Å². The monoisotopic (exact) mass is 375 g/mol. The molecule has 0 bridgehead atoms. The lowest BCUT2D eigenvalue weighted by molar-refractivity contribution is -0.120. The molecule has 3 amide bonds. The van der Waals surface area contributed by atoms with Crippen molar-refractivity contribution in [3.05, 3.63) is 70.2 Å². The van der Waals surface area contributed by atoms with Crippen LogP contribution < -0.4 is 16.2 Å². The number of halogens is 1. The second-order valence-corrected chi connectivity index (χ2v) is 5.47. The van der Waals surface area contributed by atoms with Crippen molar-refractivity contribution in [2.75, 3.05) is 6.54 Å². The van der Waals surface area contributed by atoms with Gasteiger partial charge < -0.3 is 5.32 Å². The number of hydrazine groups is 1. The maximum absolute atomic E-state index is 11.8. The van der Waals surface area contributed by atoms with Crippen molar-refractivity contribution in [3.8, 4) is 0 Å². The zero-order valence-corrected chi connectivity index (χ0v) is 13.6. The zero-order chi connectivity index (χ0) is 16.7. The van der Waals surface area contributed by atoms with Gasteiger partial charge in [0.15, 0.2) is 0 Å². The molecule has 0 spiro atoms. The molecule has 0 aliphatic rings. The van der Waals surface area contributed by atoms with E-state index in [4.69, 9.17) is 0 Å². The fourth-order valence-corrected chi connectivity index (χ4v) is 1.96. The van der Waals surface area contributed by atoms with E-state index in [1.807, 2.05) is 0 Å². The van der Waals surface area contributed by atoms with E-state index in [1.54, 1.807) is 54.6 Å². The van der Waals surface area contributed by atoms with E-state index in [0.717, 1.165) is 4.47 Å². The van der Waals surface area contributed by atoms with Gasteiger partial charge in [-0.1, -0.05) is 34.1 Å². The SMILES string of the molecule is O=C(CNC(=O)c1ccc(Br)cc1)NNC(=O)c1ccccc1. The van der Waals surface area contributed by atoms with Crippen molar-refractivity contribution in [1.82, 2.24) is 16.2 Å². The fraction of sp³-hybridized carbons (Fsp3) is 0.0625. The van der Waals surface area contributed by atoms with E-state index < -0.39 is 11.8 Å². The molecular formula is C16H14BrN3O3. The average Bonchev–Trinajstić information content (AvgIpc) is 2.59. The maximum atomic E-state index is 11.8. The molecule has 0 aromatic heterocycles. The molecule has 0 fully saturated rings. The number of carbonyl (C=O) groups is 3. The predicted octanol–water partition coefficient (Wildman–Crippen LogP) is 1.64. The molecule has 118 valence electrons. The van der Waals surface area contributed by atoms with Crippen LogP contribution in [0.4, 0.5) is 0 Å². The van der Waals surface area contributed by atoms with Gasteiger partial charge in [-0.25, -0.2) is 0 Å². The van der Waals surface area contributed by atoms with Crippen LogP contribution in [-0.4, -0.2) is 24.3 Å². The summed E-state index contributed by atoms with van der Waals surface area (Å²) in [7, 11) is 0. The highest BCUT2D eigenvalue weighted by molar-refractivity contribution is 9.10. The Hall–Kier alpha value is -2.67. The largest absolute Gasteiger partial charge is 0.343 e. The van der Waals surface area contributed by atoms with Gasteiger partial charge in [0.2, 0.25) is 0 Å². The molecule has 23 heavy (non-hydrogen) atoms. The second kappa shape index (κ2) is 8.09. The normalized spacial score (nSPS) is 9.78. The molecular weight excluding hydrogens is 362 g/mol.